The van der Waals surface area contributed by atoms with Gasteiger partial charge in [-0.3, -0.25) is 0 Å². The van der Waals surface area contributed by atoms with Crippen LogP contribution < -0.4 is 0 Å². The van der Waals surface area contributed by atoms with Crippen LogP contribution in [0.5, 0.6) is 0 Å². The van der Waals surface area contributed by atoms with E-state index in [0.29, 0.717) is 10.7 Å². The third-order valence-corrected chi connectivity index (χ3v) is 6.54. The standard InChI is InChI=1S/C9H4F3I3O5S/c10-8(9(11,12)21(17,18)19)20-7(16)4-1-3(13)2-5(14)6(4)15/h1-2,8H,(H,17,18,19)/p-1. The smallest absolute Gasteiger partial charge is 0.399 e. The Morgan fingerprint density at radius 2 is 1.81 bits per heavy atom. The molecule has 0 N–H and O–H groups in total. The van der Waals surface area contributed by atoms with Crippen LogP contribution in [0.15, 0.2) is 12.1 Å². The molecule has 0 radical (unpaired) electrons. The molecule has 0 aliphatic heterocycles. The van der Waals surface area contributed by atoms with Gasteiger partial charge in [0.15, 0.2) is 10.1 Å². The molecule has 0 fully saturated rings. The summed E-state index contributed by atoms with van der Waals surface area (Å²) in [6.07, 6.45) is -3.89. The number of halogens is 6. The van der Waals surface area contributed by atoms with E-state index in [2.05, 4.69) is 4.74 Å². The van der Waals surface area contributed by atoms with Crippen LogP contribution in [0.1, 0.15) is 10.4 Å². The predicted octanol–water partition coefficient (Wildman–Crippen LogP) is 3.09. The second-order valence-corrected chi connectivity index (χ2v) is 8.43. The van der Waals surface area contributed by atoms with Crippen LogP contribution in [0.4, 0.5) is 13.2 Å². The van der Waals surface area contributed by atoms with Gasteiger partial charge in [0, 0.05) is 10.7 Å². The molecule has 5 nitrogen and oxygen atoms in total. The van der Waals surface area contributed by atoms with Gasteiger partial charge in [0.1, 0.15) is 0 Å². The SMILES string of the molecule is O=C(OC(F)C(F)(F)S(=O)(=O)[O-])c1cc(I)cc(I)c1I. The van der Waals surface area contributed by atoms with Crippen molar-refractivity contribution in [1.82, 2.24) is 0 Å². The molecule has 118 valence electrons. The fourth-order valence-corrected chi connectivity index (χ4v) is 3.70. The third-order valence-electron chi connectivity index (χ3n) is 2.02. The van der Waals surface area contributed by atoms with Gasteiger partial charge in [0.05, 0.1) is 5.56 Å². The van der Waals surface area contributed by atoms with E-state index in [4.69, 9.17) is 0 Å². The summed E-state index contributed by atoms with van der Waals surface area (Å²) in [6, 6.07) is 2.92. The van der Waals surface area contributed by atoms with Crippen LogP contribution in [0.3, 0.4) is 0 Å². The van der Waals surface area contributed by atoms with Gasteiger partial charge in [-0.05, 0) is 79.9 Å². The number of esters is 1. The molecule has 0 spiro atoms. The van der Waals surface area contributed by atoms with Gasteiger partial charge in [0.2, 0.25) is 0 Å². The minimum atomic E-state index is -6.30. The van der Waals surface area contributed by atoms with E-state index >= 15 is 0 Å². The Morgan fingerprint density at radius 1 is 1.29 bits per heavy atom. The van der Waals surface area contributed by atoms with Crippen LogP contribution in [0.2, 0.25) is 0 Å². The molecule has 21 heavy (non-hydrogen) atoms. The summed E-state index contributed by atoms with van der Waals surface area (Å²) in [5, 5.41) is -5.36. The average molecular weight is 661 g/mol. The average Bonchev–Trinajstić information content (AvgIpc) is 2.31. The van der Waals surface area contributed by atoms with Gasteiger partial charge < -0.3 is 9.29 Å². The third kappa shape index (κ3) is 4.54. The molecule has 1 rings (SSSR count). The Balaban J connectivity index is 3.08. The van der Waals surface area contributed by atoms with Crippen LogP contribution in [0.25, 0.3) is 0 Å². The molecule has 0 aromatic heterocycles. The van der Waals surface area contributed by atoms with Crippen molar-refractivity contribution in [2.24, 2.45) is 0 Å². The molecule has 0 aliphatic carbocycles. The van der Waals surface area contributed by atoms with Gasteiger partial charge in [-0.15, -0.1) is 0 Å². The first-order valence-corrected chi connectivity index (χ1v) is 9.35. The molecule has 1 atom stereocenters. The van der Waals surface area contributed by atoms with Crippen molar-refractivity contribution < 1.29 is 35.7 Å². The van der Waals surface area contributed by atoms with Crippen molar-refractivity contribution in [3.05, 3.63) is 28.4 Å². The Bertz CT molecular complexity index is 679. The molecule has 0 bridgehead atoms. The highest BCUT2D eigenvalue weighted by atomic mass is 127. The van der Waals surface area contributed by atoms with Crippen LogP contribution in [-0.2, 0) is 14.9 Å². The second kappa shape index (κ2) is 7.00. The van der Waals surface area contributed by atoms with Gasteiger partial charge in [-0.1, -0.05) is 0 Å². The molecule has 1 unspecified atom stereocenters. The lowest BCUT2D eigenvalue weighted by Gasteiger charge is -2.23. The number of carbonyl (C=O) groups excluding carboxylic acids is 1. The largest absolute Gasteiger partial charge is 0.743 e. The first kappa shape index (κ1) is 19.6. The summed E-state index contributed by atoms with van der Waals surface area (Å²) in [7, 11) is -6.30. The number of benzene rings is 1. The maximum Gasteiger partial charge on any atom is 0.399 e. The molecule has 1 aromatic rings. The summed E-state index contributed by atoms with van der Waals surface area (Å²) in [6.45, 7) is 0. The van der Waals surface area contributed by atoms with Crippen molar-refractivity contribution in [3.8, 4) is 0 Å². The Kier molecular flexibility index (Phi) is 6.54. The number of carbonyl (C=O) groups is 1. The maximum absolute atomic E-state index is 13.2. The number of hydrogen-bond donors (Lipinski definition) is 0. The number of rotatable bonds is 4. The fraction of sp³-hybridized carbons (Fsp3) is 0.222. The molecule has 12 heteroatoms. The van der Waals surface area contributed by atoms with Crippen molar-refractivity contribution in [3.63, 3.8) is 0 Å². The minimum absolute atomic E-state index is 0.214. The summed E-state index contributed by atoms with van der Waals surface area (Å²) >= 11 is 5.42. The second-order valence-electron chi connectivity index (χ2n) is 3.49. The molecule has 1 aromatic carbocycles. The van der Waals surface area contributed by atoms with Crippen LogP contribution >= 0.6 is 67.8 Å². The van der Waals surface area contributed by atoms with E-state index in [1.54, 1.807) is 28.7 Å². The monoisotopic (exact) mass is 661 g/mol. The summed E-state index contributed by atoms with van der Waals surface area (Å²) in [5.41, 5.74) is -0.214. The van der Waals surface area contributed by atoms with Gasteiger partial charge in [-0.25, -0.2) is 13.2 Å². The highest BCUT2D eigenvalue weighted by Crippen LogP contribution is 2.30. The van der Waals surface area contributed by atoms with E-state index in [-0.39, 0.29) is 5.56 Å². The number of alkyl halides is 3. The lowest BCUT2D eigenvalue weighted by molar-refractivity contribution is -0.125. The topological polar surface area (TPSA) is 83.5 Å². The predicted molar refractivity (Wildman–Crippen MR) is 89.5 cm³/mol. The normalized spacial score (nSPS) is 13.9. The molecule has 0 saturated heterocycles. The minimum Gasteiger partial charge on any atom is -0.743 e. The summed E-state index contributed by atoms with van der Waals surface area (Å²) < 4.78 is 74.9. The molecular formula is C9H3F3I3O5S-. The molecule has 0 heterocycles. The first-order valence-electron chi connectivity index (χ1n) is 4.70. The lowest BCUT2D eigenvalue weighted by Crippen LogP contribution is -2.41. The van der Waals surface area contributed by atoms with Gasteiger partial charge >= 0.3 is 17.6 Å². The Hall–Kier alpha value is 0.580. The first-order chi connectivity index (χ1) is 9.37. The Morgan fingerprint density at radius 3 is 2.29 bits per heavy atom. The number of ether oxygens (including phenoxy) is 1. The highest BCUT2D eigenvalue weighted by molar-refractivity contribution is 14.1. The van der Waals surface area contributed by atoms with E-state index in [0.717, 1.165) is 0 Å². The zero-order valence-electron chi connectivity index (χ0n) is 9.45. The zero-order chi connectivity index (χ0) is 16.6. The molecule has 0 saturated carbocycles. The molecular weight excluding hydrogens is 658 g/mol. The number of hydrogen-bond acceptors (Lipinski definition) is 5. The van der Waals surface area contributed by atoms with E-state index in [1.807, 2.05) is 45.2 Å². The lowest BCUT2D eigenvalue weighted by atomic mass is 10.2. The summed E-state index contributed by atoms with van der Waals surface area (Å²) in [4.78, 5) is 11.7. The Labute approximate surface area is 158 Å². The van der Waals surface area contributed by atoms with E-state index in [1.165, 1.54) is 6.07 Å². The van der Waals surface area contributed by atoms with Crippen LogP contribution in [-0.4, -0.2) is 30.6 Å². The highest BCUT2D eigenvalue weighted by Gasteiger charge is 2.50. The molecule has 0 aliphatic rings. The van der Waals surface area contributed by atoms with Crippen molar-refractivity contribution in [1.29, 1.82) is 0 Å². The van der Waals surface area contributed by atoms with Crippen molar-refractivity contribution in [2.45, 2.75) is 11.6 Å². The van der Waals surface area contributed by atoms with E-state index in [9.17, 15) is 30.9 Å². The van der Waals surface area contributed by atoms with Gasteiger partial charge in [-0.2, -0.15) is 13.2 Å². The molecule has 0 amide bonds. The van der Waals surface area contributed by atoms with Crippen molar-refractivity contribution >= 4 is 83.9 Å². The zero-order valence-corrected chi connectivity index (χ0v) is 16.7. The van der Waals surface area contributed by atoms with E-state index < -0.39 is 27.7 Å². The van der Waals surface area contributed by atoms with Crippen LogP contribution in [0, 0.1) is 10.7 Å². The maximum atomic E-state index is 13.2. The quantitative estimate of drug-likeness (QED) is 0.215. The van der Waals surface area contributed by atoms with Gasteiger partial charge in [0.25, 0.3) is 0 Å². The van der Waals surface area contributed by atoms with Crippen molar-refractivity contribution in [2.75, 3.05) is 0 Å². The fourth-order valence-electron chi connectivity index (χ4n) is 1.04. The summed E-state index contributed by atoms with van der Waals surface area (Å²) in [5.74, 6) is -1.49.